The van der Waals surface area contributed by atoms with E-state index in [1.54, 1.807) is 28.4 Å². The van der Waals surface area contributed by atoms with E-state index in [1.807, 2.05) is 60.7 Å². The van der Waals surface area contributed by atoms with E-state index in [9.17, 15) is 9.59 Å². The molecule has 0 aliphatic rings. The van der Waals surface area contributed by atoms with Gasteiger partial charge in [0.15, 0.2) is 0 Å². The Kier molecular flexibility index (Phi) is 11.6. The molecule has 2 aromatic carbocycles. The van der Waals surface area contributed by atoms with Gasteiger partial charge in [0.05, 0.1) is 26.1 Å². The first-order chi connectivity index (χ1) is 16.4. The highest BCUT2D eigenvalue weighted by atomic mass is 28.4. The predicted octanol–water partition coefficient (Wildman–Crippen LogP) is 2.14. The zero-order valence-electron chi connectivity index (χ0n) is 20.3. The lowest BCUT2D eigenvalue weighted by atomic mass is 10.3. The number of esters is 2. The quantitative estimate of drug-likeness (QED) is 0.268. The molecule has 0 aliphatic heterocycles. The number of hydrogen-bond acceptors (Lipinski definition) is 8. The maximum atomic E-state index is 12.1. The average Bonchev–Trinajstić information content (AvgIpc) is 2.89. The summed E-state index contributed by atoms with van der Waals surface area (Å²) in [6.07, 6.45) is -0.122. The van der Waals surface area contributed by atoms with E-state index in [0.29, 0.717) is 12.1 Å². The van der Waals surface area contributed by atoms with Gasteiger partial charge in [-0.25, -0.2) is 0 Å². The van der Waals surface area contributed by atoms with Crippen LogP contribution in [0.4, 0.5) is 0 Å². The molecule has 0 radical (unpaired) electrons. The second-order valence-corrected chi connectivity index (χ2v) is 14.3. The standard InChI is InChI=1S/C24H34O8Si2/c1-27-33(28-2,21-11-7-5-8-12-21)19-17-31-23(25)15-16-24(26)32-18-20-34(29-3,30-4)22-13-9-6-10-14-22/h5-14H,15-20H2,1-4H3. The van der Waals surface area contributed by atoms with Crippen molar-refractivity contribution >= 4 is 39.4 Å². The van der Waals surface area contributed by atoms with Crippen molar-refractivity contribution < 1.29 is 36.8 Å². The molecule has 0 saturated heterocycles. The largest absolute Gasteiger partial charge is 0.466 e. The number of carbonyl (C=O) groups excluding carboxylic acids is 2. The highest BCUT2D eigenvalue weighted by molar-refractivity contribution is 6.81. The summed E-state index contributed by atoms with van der Waals surface area (Å²) in [7, 11) is 1.02. The Morgan fingerprint density at radius 1 is 0.588 bits per heavy atom. The second-order valence-electron chi connectivity index (χ2n) is 7.50. The summed E-state index contributed by atoms with van der Waals surface area (Å²) in [5.41, 5.74) is 0. The first kappa shape index (κ1) is 27.9. The van der Waals surface area contributed by atoms with Crippen molar-refractivity contribution in [1.29, 1.82) is 0 Å². The minimum atomic E-state index is -2.69. The number of rotatable bonds is 15. The third-order valence-electron chi connectivity index (χ3n) is 5.67. The van der Waals surface area contributed by atoms with E-state index in [2.05, 4.69) is 0 Å². The molecule has 8 nitrogen and oxygen atoms in total. The molecule has 2 rings (SSSR count). The van der Waals surface area contributed by atoms with E-state index in [-0.39, 0.29) is 26.1 Å². The van der Waals surface area contributed by atoms with Gasteiger partial charge in [-0.2, -0.15) is 0 Å². The second kappa shape index (κ2) is 14.1. The van der Waals surface area contributed by atoms with Crippen LogP contribution in [-0.2, 0) is 36.8 Å². The molecule has 0 unspecified atom stereocenters. The molecule has 0 aromatic heterocycles. The molecule has 2 aromatic rings. The van der Waals surface area contributed by atoms with Gasteiger partial charge in [-0.15, -0.1) is 0 Å². The fourth-order valence-corrected chi connectivity index (χ4v) is 8.48. The number of carbonyl (C=O) groups is 2. The third kappa shape index (κ3) is 7.59. The van der Waals surface area contributed by atoms with Crippen LogP contribution in [0, 0.1) is 0 Å². The Morgan fingerprint density at radius 2 is 0.912 bits per heavy atom. The number of ether oxygens (including phenoxy) is 2. The summed E-state index contributed by atoms with van der Waals surface area (Å²) in [5.74, 6) is -0.941. The molecule has 0 bridgehead atoms. The molecular formula is C24H34O8Si2. The summed E-state index contributed by atoms with van der Waals surface area (Å²) in [5, 5.41) is 1.92. The zero-order chi connectivity index (χ0) is 24.9. The smallest absolute Gasteiger partial charge is 0.375 e. The fraction of sp³-hybridized carbons (Fsp3) is 0.417. The average molecular weight is 507 g/mol. The van der Waals surface area contributed by atoms with Crippen molar-refractivity contribution in [3.63, 3.8) is 0 Å². The lowest BCUT2D eigenvalue weighted by Crippen LogP contribution is -2.53. The van der Waals surface area contributed by atoms with Gasteiger partial charge in [0.1, 0.15) is 0 Å². The normalized spacial score (nSPS) is 11.8. The first-order valence-electron chi connectivity index (χ1n) is 11.1. The van der Waals surface area contributed by atoms with Gasteiger partial charge < -0.3 is 27.2 Å². The van der Waals surface area contributed by atoms with Crippen LogP contribution in [0.25, 0.3) is 0 Å². The molecule has 0 N–H and O–H groups in total. The topological polar surface area (TPSA) is 89.5 Å². The lowest BCUT2D eigenvalue weighted by Gasteiger charge is -2.27. The van der Waals surface area contributed by atoms with Crippen LogP contribution in [-0.4, -0.2) is 70.7 Å². The minimum Gasteiger partial charge on any atom is -0.466 e. The van der Waals surface area contributed by atoms with Crippen LogP contribution >= 0.6 is 0 Å². The Morgan fingerprint density at radius 3 is 1.21 bits per heavy atom. The van der Waals surface area contributed by atoms with E-state index in [4.69, 9.17) is 27.2 Å². The van der Waals surface area contributed by atoms with E-state index < -0.39 is 29.1 Å². The van der Waals surface area contributed by atoms with Crippen LogP contribution in [0.15, 0.2) is 60.7 Å². The van der Waals surface area contributed by atoms with Gasteiger partial charge in [0.2, 0.25) is 0 Å². The van der Waals surface area contributed by atoms with Gasteiger partial charge in [-0.1, -0.05) is 60.7 Å². The molecule has 0 heterocycles. The van der Waals surface area contributed by atoms with Crippen molar-refractivity contribution in [2.75, 3.05) is 41.7 Å². The highest BCUT2D eigenvalue weighted by Crippen LogP contribution is 2.14. The number of hydrogen-bond donors (Lipinski definition) is 0. The minimum absolute atomic E-state index is 0.0610. The molecule has 0 saturated carbocycles. The maximum Gasteiger partial charge on any atom is 0.375 e. The lowest BCUT2D eigenvalue weighted by molar-refractivity contribution is -0.149. The molecule has 0 spiro atoms. The summed E-state index contributed by atoms with van der Waals surface area (Å²) in [6.45, 7) is 0.285. The summed E-state index contributed by atoms with van der Waals surface area (Å²) >= 11 is 0. The van der Waals surface area contributed by atoms with Crippen molar-refractivity contribution in [1.82, 2.24) is 0 Å². The molecule has 0 fully saturated rings. The Bertz CT molecular complexity index is 798. The fourth-order valence-electron chi connectivity index (χ4n) is 3.67. The van der Waals surface area contributed by atoms with E-state index >= 15 is 0 Å². The third-order valence-corrected chi connectivity index (χ3v) is 12.5. The van der Waals surface area contributed by atoms with E-state index in [1.165, 1.54) is 0 Å². The summed E-state index contributed by atoms with van der Waals surface area (Å²) in [4.78, 5) is 24.3. The van der Waals surface area contributed by atoms with Gasteiger partial charge in [0, 0.05) is 40.5 Å². The van der Waals surface area contributed by atoms with Crippen molar-refractivity contribution in [2.24, 2.45) is 0 Å². The highest BCUT2D eigenvalue weighted by Gasteiger charge is 2.39. The zero-order valence-corrected chi connectivity index (χ0v) is 22.3. The number of benzene rings is 2. The van der Waals surface area contributed by atoms with Crippen LogP contribution in [0.3, 0.4) is 0 Å². The SMILES string of the molecule is CO[Si](CCOC(=O)CCC(=O)OCC[Si](OC)(OC)c1ccccc1)(OC)c1ccccc1. The van der Waals surface area contributed by atoms with Gasteiger partial charge in [-0.3, -0.25) is 9.59 Å². The van der Waals surface area contributed by atoms with Gasteiger partial charge in [0.25, 0.3) is 0 Å². The first-order valence-corrected chi connectivity index (χ1v) is 15.1. The van der Waals surface area contributed by atoms with Crippen LogP contribution in [0.1, 0.15) is 12.8 Å². The van der Waals surface area contributed by atoms with Gasteiger partial charge in [-0.05, 0) is 10.4 Å². The molecular weight excluding hydrogens is 472 g/mol. The molecule has 0 atom stereocenters. The molecule has 34 heavy (non-hydrogen) atoms. The summed E-state index contributed by atoms with van der Waals surface area (Å²) < 4.78 is 33.5. The predicted molar refractivity (Wildman–Crippen MR) is 132 cm³/mol. The van der Waals surface area contributed by atoms with Crippen LogP contribution in [0.5, 0.6) is 0 Å². The van der Waals surface area contributed by atoms with Crippen LogP contribution < -0.4 is 10.4 Å². The van der Waals surface area contributed by atoms with Crippen molar-refractivity contribution in [3.8, 4) is 0 Å². The maximum absolute atomic E-state index is 12.1. The molecule has 0 aliphatic carbocycles. The van der Waals surface area contributed by atoms with E-state index in [0.717, 1.165) is 10.4 Å². The summed E-state index contributed by atoms with van der Waals surface area (Å²) in [6, 6.07) is 20.2. The molecule has 186 valence electrons. The monoisotopic (exact) mass is 506 g/mol. The van der Waals surface area contributed by atoms with Gasteiger partial charge >= 0.3 is 29.1 Å². The Hall–Kier alpha value is -2.35. The van der Waals surface area contributed by atoms with Crippen molar-refractivity contribution in [2.45, 2.75) is 24.9 Å². The Balaban J connectivity index is 1.75. The Labute approximate surface area is 203 Å². The van der Waals surface area contributed by atoms with Crippen molar-refractivity contribution in [3.05, 3.63) is 60.7 Å². The molecule has 10 heteroatoms. The molecule has 0 amide bonds. The van der Waals surface area contributed by atoms with Crippen LogP contribution in [0.2, 0.25) is 12.1 Å².